The molecule has 1 heterocycles. The molecule has 3 rings (SSSR count). The number of nitrogens with zero attached hydrogens (tertiary/aromatic N) is 1. The highest BCUT2D eigenvalue weighted by Crippen LogP contribution is 2.34. The molecule has 1 saturated heterocycles. The second-order valence-corrected chi connectivity index (χ2v) is 6.57. The molecule has 24 heavy (non-hydrogen) atoms. The summed E-state index contributed by atoms with van der Waals surface area (Å²) in [4.78, 5) is 2.32. The highest BCUT2D eigenvalue weighted by molar-refractivity contribution is 6.42. The van der Waals surface area contributed by atoms with Crippen molar-refractivity contribution in [2.45, 2.75) is 6.04 Å². The average Bonchev–Trinajstić information content (AvgIpc) is 2.59. The van der Waals surface area contributed by atoms with Gasteiger partial charge in [-0.2, -0.15) is 0 Å². The number of ether oxygens (including phenoxy) is 1. The molecule has 1 aliphatic rings. The molecular weight excluding hydrogens is 350 g/mol. The van der Waals surface area contributed by atoms with E-state index in [-0.39, 0.29) is 17.6 Å². The maximum absolute atomic E-state index is 14.2. The fourth-order valence-electron chi connectivity index (χ4n) is 3.09. The Kier molecular flexibility index (Phi) is 5.61. The van der Waals surface area contributed by atoms with Crippen molar-refractivity contribution in [3.8, 4) is 5.75 Å². The summed E-state index contributed by atoms with van der Waals surface area (Å²) in [5.41, 5.74) is 1.87. The Balaban J connectivity index is 2.03. The lowest BCUT2D eigenvalue weighted by atomic mass is 9.96. The van der Waals surface area contributed by atoms with E-state index >= 15 is 0 Å². The van der Waals surface area contributed by atoms with E-state index in [1.54, 1.807) is 12.1 Å². The summed E-state index contributed by atoms with van der Waals surface area (Å²) in [5, 5.41) is 4.36. The summed E-state index contributed by atoms with van der Waals surface area (Å²) in [6.45, 7) is 3.55. The molecule has 6 heteroatoms. The number of halogens is 3. The highest BCUT2D eigenvalue weighted by Gasteiger charge is 2.25. The first kappa shape index (κ1) is 17.5. The summed E-state index contributed by atoms with van der Waals surface area (Å²) in [6, 6.07) is 10.6. The predicted octanol–water partition coefficient (Wildman–Crippen LogP) is 4.14. The zero-order valence-corrected chi connectivity index (χ0v) is 14.9. The summed E-state index contributed by atoms with van der Waals surface area (Å²) in [6.07, 6.45) is 0. The van der Waals surface area contributed by atoms with E-state index in [0.717, 1.165) is 37.3 Å². The van der Waals surface area contributed by atoms with Crippen molar-refractivity contribution >= 4 is 23.2 Å². The van der Waals surface area contributed by atoms with Crippen molar-refractivity contribution in [2.75, 3.05) is 33.3 Å². The van der Waals surface area contributed by atoms with E-state index in [1.165, 1.54) is 13.2 Å². The quantitative estimate of drug-likeness (QED) is 0.877. The molecule has 0 bridgehead atoms. The molecule has 2 aromatic carbocycles. The minimum absolute atomic E-state index is 0.0812. The Morgan fingerprint density at radius 3 is 2.33 bits per heavy atom. The van der Waals surface area contributed by atoms with Crippen LogP contribution in [-0.4, -0.2) is 38.2 Å². The van der Waals surface area contributed by atoms with Crippen LogP contribution >= 0.6 is 23.2 Å². The van der Waals surface area contributed by atoms with Crippen LogP contribution in [0.1, 0.15) is 17.2 Å². The van der Waals surface area contributed by atoms with Crippen LogP contribution < -0.4 is 10.1 Å². The van der Waals surface area contributed by atoms with Gasteiger partial charge in [0.05, 0.1) is 23.2 Å². The van der Waals surface area contributed by atoms with Gasteiger partial charge in [0.15, 0.2) is 11.6 Å². The Morgan fingerprint density at radius 1 is 1.04 bits per heavy atom. The highest BCUT2D eigenvalue weighted by atomic mass is 35.5. The van der Waals surface area contributed by atoms with Gasteiger partial charge in [-0.25, -0.2) is 4.39 Å². The number of piperazine rings is 1. The number of benzene rings is 2. The molecule has 0 aromatic heterocycles. The number of methoxy groups -OCH3 is 1. The largest absolute Gasteiger partial charge is 0.494 e. The predicted molar refractivity (Wildman–Crippen MR) is 95.7 cm³/mol. The standard InChI is InChI=1S/C18H19Cl2FN2O/c1-24-17-5-3-13(11-16(17)21)18(23-8-6-22-7-9-23)12-2-4-14(19)15(20)10-12/h2-5,10-11,18,22H,6-9H2,1H3. The van der Waals surface area contributed by atoms with Crippen LogP contribution in [0.2, 0.25) is 10.0 Å². The molecule has 0 amide bonds. The van der Waals surface area contributed by atoms with Gasteiger partial charge in [0.2, 0.25) is 0 Å². The van der Waals surface area contributed by atoms with E-state index in [4.69, 9.17) is 27.9 Å². The summed E-state index contributed by atoms with van der Waals surface area (Å²) in [5.74, 6) is -0.123. The minimum atomic E-state index is -0.366. The lowest BCUT2D eigenvalue weighted by Gasteiger charge is -2.35. The van der Waals surface area contributed by atoms with Crippen LogP contribution in [0, 0.1) is 5.82 Å². The molecule has 0 aliphatic carbocycles. The lowest BCUT2D eigenvalue weighted by Crippen LogP contribution is -2.45. The summed E-state index contributed by atoms with van der Waals surface area (Å²) >= 11 is 12.3. The minimum Gasteiger partial charge on any atom is -0.494 e. The van der Waals surface area contributed by atoms with Gasteiger partial charge in [-0.1, -0.05) is 35.3 Å². The third-order valence-electron chi connectivity index (χ3n) is 4.27. The Bertz CT molecular complexity index is 720. The van der Waals surface area contributed by atoms with Crippen LogP contribution in [-0.2, 0) is 0 Å². The molecule has 2 aromatic rings. The van der Waals surface area contributed by atoms with Crippen LogP contribution in [0.4, 0.5) is 4.39 Å². The zero-order valence-electron chi connectivity index (χ0n) is 13.4. The number of hydrogen-bond donors (Lipinski definition) is 1. The zero-order chi connectivity index (χ0) is 17.1. The van der Waals surface area contributed by atoms with Gasteiger partial charge < -0.3 is 10.1 Å². The van der Waals surface area contributed by atoms with Gasteiger partial charge in [0, 0.05) is 26.2 Å². The van der Waals surface area contributed by atoms with E-state index in [0.29, 0.717) is 10.0 Å². The van der Waals surface area contributed by atoms with Gasteiger partial charge in [0.1, 0.15) is 0 Å². The lowest BCUT2D eigenvalue weighted by molar-refractivity contribution is 0.198. The van der Waals surface area contributed by atoms with E-state index in [2.05, 4.69) is 10.2 Å². The molecule has 0 saturated carbocycles. The van der Waals surface area contributed by atoms with Gasteiger partial charge in [-0.05, 0) is 35.4 Å². The third-order valence-corrected chi connectivity index (χ3v) is 5.01. The number of hydrogen-bond acceptors (Lipinski definition) is 3. The van der Waals surface area contributed by atoms with Gasteiger partial charge >= 0.3 is 0 Å². The normalized spacial score (nSPS) is 16.8. The summed E-state index contributed by atoms with van der Waals surface area (Å²) < 4.78 is 19.3. The second-order valence-electron chi connectivity index (χ2n) is 5.76. The van der Waals surface area contributed by atoms with Crippen molar-refractivity contribution in [1.29, 1.82) is 0 Å². The Labute approximate surface area is 151 Å². The third kappa shape index (κ3) is 3.67. The van der Waals surface area contributed by atoms with Gasteiger partial charge in [0.25, 0.3) is 0 Å². The molecule has 1 N–H and O–H groups in total. The molecular formula is C18H19Cl2FN2O. The second kappa shape index (κ2) is 7.70. The number of rotatable bonds is 4. The monoisotopic (exact) mass is 368 g/mol. The SMILES string of the molecule is COc1ccc(C(c2ccc(Cl)c(Cl)c2)N2CCNCC2)cc1F. The molecule has 1 fully saturated rings. The van der Waals surface area contributed by atoms with Crippen molar-refractivity contribution in [1.82, 2.24) is 10.2 Å². The van der Waals surface area contributed by atoms with Crippen molar-refractivity contribution in [3.05, 3.63) is 63.4 Å². The molecule has 1 aliphatic heterocycles. The molecule has 0 radical (unpaired) electrons. The fourth-order valence-corrected chi connectivity index (χ4v) is 3.40. The first-order chi connectivity index (χ1) is 11.6. The van der Waals surface area contributed by atoms with E-state index in [9.17, 15) is 4.39 Å². The van der Waals surface area contributed by atoms with Gasteiger partial charge in [-0.3, -0.25) is 4.90 Å². The maximum Gasteiger partial charge on any atom is 0.165 e. The Hall–Kier alpha value is -1.33. The van der Waals surface area contributed by atoms with Crippen LogP contribution in [0.15, 0.2) is 36.4 Å². The van der Waals surface area contributed by atoms with E-state index < -0.39 is 0 Å². The summed E-state index contributed by atoms with van der Waals surface area (Å²) in [7, 11) is 1.46. The molecule has 128 valence electrons. The molecule has 1 atom stereocenters. The van der Waals surface area contributed by atoms with E-state index in [1.807, 2.05) is 18.2 Å². The van der Waals surface area contributed by atoms with Crippen LogP contribution in [0.3, 0.4) is 0 Å². The molecule has 3 nitrogen and oxygen atoms in total. The van der Waals surface area contributed by atoms with Crippen LogP contribution in [0.25, 0.3) is 0 Å². The first-order valence-corrected chi connectivity index (χ1v) is 8.59. The maximum atomic E-state index is 14.2. The fraction of sp³-hybridized carbons (Fsp3) is 0.333. The van der Waals surface area contributed by atoms with Gasteiger partial charge in [-0.15, -0.1) is 0 Å². The van der Waals surface area contributed by atoms with Crippen molar-refractivity contribution < 1.29 is 9.13 Å². The Morgan fingerprint density at radius 2 is 1.71 bits per heavy atom. The average molecular weight is 369 g/mol. The van der Waals surface area contributed by atoms with Crippen LogP contribution in [0.5, 0.6) is 5.75 Å². The molecule has 0 spiro atoms. The van der Waals surface area contributed by atoms with Crippen molar-refractivity contribution in [3.63, 3.8) is 0 Å². The smallest absolute Gasteiger partial charge is 0.165 e. The van der Waals surface area contributed by atoms with Crippen molar-refractivity contribution in [2.24, 2.45) is 0 Å². The molecule has 1 unspecified atom stereocenters. The number of nitrogens with one attached hydrogen (secondary N) is 1. The topological polar surface area (TPSA) is 24.5 Å². The first-order valence-electron chi connectivity index (χ1n) is 7.83.